The second kappa shape index (κ2) is 7.94. The van der Waals surface area contributed by atoms with Crippen LogP contribution in [0.1, 0.15) is 32.1 Å². The van der Waals surface area contributed by atoms with Gasteiger partial charge in [-0.05, 0) is 19.1 Å². The molecule has 0 aliphatic carbocycles. The molecule has 5 aliphatic heterocycles. The molecule has 1 aromatic heterocycles. The number of piperazine rings is 1. The Morgan fingerprint density at radius 1 is 1.17 bits per heavy atom. The van der Waals surface area contributed by atoms with Crippen molar-refractivity contribution in [3.05, 3.63) is 36.3 Å². The summed E-state index contributed by atoms with van der Waals surface area (Å²) in [5.41, 5.74) is -1.00. The molecule has 0 saturated carbocycles. The first-order chi connectivity index (χ1) is 16.9. The highest BCUT2D eigenvalue weighted by Gasteiger charge is 2.74. The van der Waals surface area contributed by atoms with E-state index in [0.717, 1.165) is 0 Å². The highest BCUT2D eigenvalue weighted by molar-refractivity contribution is 5.96. The third-order valence-corrected chi connectivity index (χ3v) is 8.35. The summed E-state index contributed by atoms with van der Waals surface area (Å²) in [6.07, 6.45) is 4.61. The number of fused-ring (bicyclic) bond motifs is 2. The summed E-state index contributed by atoms with van der Waals surface area (Å²) in [5.74, 6) is -1.45. The average molecular weight is 484 g/mol. The summed E-state index contributed by atoms with van der Waals surface area (Å²) in [7, 11) is 0. The van der Waals surface area contributed by atoms with Crippen molar-refractivity contribution in [2.24, 2.45) is 17.8 Å². The molecular weight excluding hydrogens is 454 g/mol. The van der Waals surface area contributed by atoms with Gasteiger partial charge in [-0.3, -0.25) is 14.4 Å². The minimum Gasteiger partial charge on any atom is -0.467 e. The molecule has 35 heavy (non-hydrogen) atoms. The van der Waals surface area contributed by atoms with Gasteiger partial charge in [0.25, 0.3) is 0 Å². The van der Waals surface area contributed by atoms with E-state index in [9.17, 15) is 19.2 Å². The summed E-state index contributed by atoms with van der Waals surface area (Å²) in [4.78, 5) is 57.9. The first-order valence-electron chi connectivity index (χ1n) is 12.3. The Balaban J connectivity index is 1.28. The van der Waals surface area contributed by atoms with Crippen LogP contribution in [-0.2, 0) is 23.9 Å². The Morgan fingerprint density at radius 2 is 1.91 bits per heavy atom. The van der Waals surface area contributed by atoms with Crippen molar-refractivity contribution in [3.8, 4) is 0 Å². The molecule has 7 atom stereocenters. The van der Waals surface area contributed by atoms with Crippen molar-refractivity contribution in [2.45, 2.75) is 44.1 Å². The van der Waals surface area contributed by atoms with Crippen molar-refractivity contribution in [1.29, 1.82) is 0 Å². The third kappa shape index (κ3) is 3.05. The lowest BCUT2D eigenvalue weighted by molar-refractivity contribution is -0.150. The van der Waals surface area contributed by atoms with Crippen molar-refractivity contribution in [1.82, 2.24) is 14.7 Å². The van der Waals surface area contributed by atoms with Gasteiger partial charge in [-0.2, -0.15) is 0 Å². The maximum absolute atomic E-state index is 14.0. The second-order valence-electron chi connectivity index (χ2n) is 9.99. The van der Waals surface area contributed by atoms with E-state index < -0.39 is 41.5 Å². The van der Waals surface area contributed by atoms with E-state index in [1.807, 2.05) is 19.1 Å². The maximum Gasteiger partial charge on any atom is 0.409 e. The molecule has 6 heterocycles. The fraction of sp³-hybridized carbons (Fsp3) is 0.600. The summed E-state index contributed by atoms with van der Waals surface area (Å²) in [5, 5.41) is 0. The maximum atomic E-state index is 14.0. The van der Waals surface area contributed by atoms with Gasteiger partial charge >= 0.3 is 6.09 Å². The Morgan fingerprint density at radius 3 is 2.60 bits per heavy atom. The number of carbonyl (C=O) groups excluding carboxylic acids is 4. The minimum absolute atomic E-state index is 0.0563. The van der Waals surface area contributed by atoms with Gasteiger partial charge in [0.15, 0.2) is 0 Å². The fourth-order valence-electron chi connectivity index (χ4n) is 6.78. The largest absolute Gasteiger partial charge is 0.467 e. The smallest absolute Gasteiger partial charge is 0.409 e. The molecule has 1 aromatic rings. The quantitative estimate of drug-likeness (QED) is 0.598. The molecule has 186 valence electrons. The molecule has 1 spiro atoms. The number of piperidine rings is 1. The Kier molecular flexibility index (Phi) is 5.07. The van der Waals surface area contributed by atoms with Crippen molar-refractivity contribution < 1.29 is 33.1 Å². The van der Waals surface area contributed by atoms with Crippen molar-refractivity contribution in [2.75, 3.05) is 32.8 Å². The van der Waals surface area contributed by atoms with Crippen LogP contribution in [0.4, 0.5) is 4.79 Å². The van der Waals surface area contributed by atoms with Crippen LogP contribution >= 0.6 is 0 Å². The summed E-state index contributed by atoms with van der Waals surface area (Å²) in [6, 6.07) is 2.53. The molecule has 10 nitrogen and oxygen atoms in total. The molecule has 10 heteroatoms. The molecule has 3 amide bonds. The highest BCUT2D eigenvalue weighted by atomic mass is 16.6. The summed E-state index contributed by atoms with van der Waals surface area (Å²) >= 11 is 0. The number of Topliss-reactive ketones (excluding diaryl/α,β-unsaturated/α-hetero) is 1. The van der Waals surface area contributed by atoms with Crippen LogP contribution in [0.5, 0.6) is 0 Å². The van der Waals surface area contributed by atoms with Crippen molar-refractivity contribution in [3.63, 3.8) is 0 Å². The predicted molar refractivity (Wildman–Crippen MR) is 120 cm³/mol. The average Bonchev–Trinajstić information content (AvgIpc) is 3.64. The predicted octanol–water partition coefficient (Wildman–Crippen LogP) is 1.38. The standard InChI is InChI=1S/C25H29N3O7/c1-3-33-24(32)27-10-8-26(9-11-27)22(30)19-18-6-7-25(35-18)20(19)23(31)28-15(17-5-4-12-34-17)13-16(29)14(2)21(25)28/h4-7,12,14-15,18-21H,3,8-11,13H2,1-2H3/t14?,15?,18-,19?,20?,21?,25?/m0/s1. The van der Waals surface area contributed by atoms with E-state index in [4.69, 9.17) is 13.9 Å². The summed E-state index contributed by atoms with van der Waals surface area (Å²) < 4.78 is 17.1. The third-order valence-electron chi connectivity index (χ3n) is 8.35. The molecule has 6 rings (SSSR count). The van der Waals surface area contributed by atoms with Gasteiger partial charge in [0, 0.05) is 38.5 Å². The fourth-order valence-corrected chi connectivity index (χ4v) is 6.78. The minimum atomic E-state index is -1.00. The number of carbonyl (C=O) groups is 4. The van der Waals surface area contributed by atoms with Crippen LogP contribution in [0.25, 0.3) is 0 Å². The van der Waals surface area contributed by atoms with Crippen LogP contribution in [-0.4, -0.2) is 88.9 Å². The summed E-state index contributed by atoms with van der Waals surface area (Å²) in [6.45, 7) is 5.40. The van der Waals surface area contributed by atoms with E-state index in [2.05, 4.69) is 0 Å². The van der Waals surface area contributed by atoms with Crippen LogP contribution in [0.15, 0.2) is 35.0 Å². The van der Waals surface area contributed by atoms with Crippen LogP contribution in [0.2, 0.25) is 0 Å². The van der Waals surface area contributed by atoms with E-state index in [0.29, 0.717) is 38.5 Å². The lowest BCUT2D eigenvalue weighted by Crippen LogP contribution is -2.55. The molecule has 2 bridgehead atoms. The van der Waals surface area contributed by atoms with Gasteiger partial charge in [-0.1, -0.05) is 19.1 Å². The number of nitrogens with zero attached hydrogens (tertiary/aromatic N) is 3. The van der Waals surface area contributed by atoms with E-state index in [1.165, 1.54) is 6.26 Å². The van der Waals surface area contributed by atoms with Crippen molar-refractivity contribution >= 4 is 23.7 Å². The zero-order valence-corrected chi connectivity index (χ0v) is 19.8. The number of furan rings is 1. The van der Waals surface area contributed by atoms with Gasteiger partial charge in [0.05, 0.1) is 42.9 Å². The van der Waals surface area contributed by atoms with Crippen LogP contribution < -0.4 is 0 Å². The van der Waals surface area contributed by atoms with E-state index in [-0.39, 0.29) is 30.1 Å². The number of ketones is 1. The number of hydrogen-bond donors (Lipinski definition) is 0. The SMILES string of the molecule is CCOC(=O)N1CCN(C(=O)C2C3C(=O)N4C(c5ccco5)CC(=O)C(C)C4C34C=C[C@@H]2O4)CC1. The Hall–Kier alpha value is -3.14. The normalized spacial score (nSPS) is 37.6. The second-order valence-corrected chi connectivity index (χ2v) is 9.99. The number of ether oxygens (including phenoxy) is 2. The van der Waals surface area contributed by atoms with E-state index >= 15 is 0 Å². The van der Waals surface area contributed by atoms with Gasteiger partial charge in [0.2, 0.25) is 11.8 Å². The molecule has 4 fully saturated rings. The van der Waals surface area contributed by atoms with Crippen LogP contribution in [0, 0.1) is 17.8 Å². The zero-order valence-electron chi connectivity index (χ0n) is 19.8. The number of amides is 3. The van der Waals surface area contributed by atoms with Gasteiger partial charge in [0.1, 0.15) is 17.1 Å². The zero-order chi connectivity index (χ0) is 24.5. The van der Waals surface area contributed by atoms with Crippen LogP contribution in [0.3, 0.4) is 0 Å². The first kappa shape index (κ1) is 22.3. The highest BCUT2D eigenvalue weighted by Crippen LogP contribution is 2.60. The number of hydrogen-bond acceptors (Lipinski definition) is 7. The molecule has 4 saturated heterocycles. The molecule has 0 aromatic carbocycles. The Labute approximate surface area is 202 Å². The number of rotatable bonds is 3. The molecule has 0 N–H and O–H groups in total. The molecule has 5 aliphatic rings. The monoisotopic (exact) mass is 483 g/mol. The lowest BCUT2D eigenvalue weighted by Gasteiger charge is -2.43. The van der Waals surface area contributed by atoms with E-state index in [1.54, 1.807) is 33.8 Å². The first-order valence-corrected chi connectivity index (χ1v) is 12.3. The molecule has 6 unspecified atom stereocenters. The van der Waals surface area contributed by atoms with Gasteiger partial charge in [-0.15, -0.1) is 0 Å². The topological polar surface area (TPSA) is 110 Å². The Bertz CT molecular complexity index is 1090. The lowest BCUT2D eigenvalue weighted by atomic mass is 9.70. The van der Waals surface area contributed by atoms with Gasteiger partial charge in [-0.25, -0.2) is 4.79 Å². The molecule has 0 radical (unpaired) electrons. The van der Waals surface area contributed by atoms with Gasteiger partial charge < -0.3 is 28.6 Å². The molecular formula is C25H29N3O7.